The number of hydrogen-bond donors (Lipinski definition) is 0. The van der Waals surface area contributed by atoms with Crippen molar-refractivity contribution in [1.29, 1.82) is 0 Å². The predicted molar refractivity (Wildman–Crippen MR) is 238 cm³/mol. The number of halogens is 3. The lowest BCUT2D eigenvalue weighted by atomic mass is 9.98. The number of fused-ring (bicyclic) bond motifs is 6. The Morgan fingerprint density at radius 2 is 0.984 bits per heavy atom. The predicted octanol–water partition coefficient (Wildman–Crippen LogP) is 14.5. The molecule has 0 aliphatic heterocycles. The van der Waals surface area contributed by atoms with Crippen molar-refractivity contribution in [2.24, 2.45) is 0 Å². The van der Waals surface area contributed by atoms with Gasteiger partial charge in [0.15, 0.2) is 17.5 Å². The molecular formula is C53H33F3N4O. The molecule has 0 N–H and O–H groups in total. The van der Waals surface area contributed by atoms with Gasteiger partial charge in [0.2, 0.25) is 0 Å². The highest BCUT2D eigenvalue weighted by atomic mass is 19.4. The average Bonchev–Trinajstić information content (AvgIpc) is 3.84. The van der Waals surface area contributed by atoms with Crippen molar-refractivity contribution >= 4 is 43.7 Å². The molecule has 11 rings (SSSR count). The Hall–Kier alpha value is -7.84. The van der Waals surface area contributed by atoms with Crippen molar-refractivity contribution in [3.8, 4) is 62.1 Å². The van der Waals surface area contributed by atoms with E-state index in [0.29, 0.717) is 34.2 Å². The number of furan rings is 1. The van der Waals surface area contributed by atoms with E-state index in [2.05, 4.69) is 53.1 Å². The zero-order valence-corrected chi connectivity index (χ0v) is 32.7. The Kier molecular flexibility index (Phi) is 8.42. The number of benzene rings is 8. The molecule has 0 unspecified atom stereocenters. The highest BCUT2D eigenvalue weighted by molar-refractivity contribution is 6.11. The molecule has 5 nitrogen and oxygen atoms in total. The standard InChI is InChI=1S/C53H33F3N4O/c1-32-26-38(28-39(27-32)53(54,55)56)37-21-23-46-42(29-37)40-16-8-10-18-45(40)60(46)47-24-20-35(36-22-25-49-43(30-36)41-17-9-11-19-48(41)61-49)31-44(47)52-58-50(33-12-4-2-5-13-33)57-51(59-52)34-14-6-3-7-15-34/h2-31H,1H3. The summed E-state index contributed by atoms with van der Waals surface area (Å²) in [6.45, 7) is 1.69. The largest absolute Gasteiger partial charge is 0.456 e. The number of alkyl halides is 3. The van der Waals surface area contributed by atoms with Gasteiger partial charge in [-0.1, -0.05) is 121 Å². The lowest BCUT2D eigenvalue weighted by molar-refractivity contribution is -0.137. The Balaban J connectivity index is 1.17. The van der Waals surface area contributed by atoms with Crippen LogP contribution in [0.4, 0.5) is 13.2 Å². The molecule has 0 saturated carbocycles. The van der Waals surface area contributed by atoms with E-state index in [9.17, 15) is 13.2 Å². The first-order chi connectivity index (χ1) is 29.7. The first-order valence-electron chi connectivity index (χ1n) is 19.9. The lowest BCUT2D eigenvalue weighted by Crippen LogP contribution is -2.05. The molecule has 0 fully saturated rings. The summed E-state index contributed by atoms with van der Waals surface area (Å²) in [6.07, 6.45) is -4.46. The van der Waals surface area contributed by atoms with E-state index in [0.717, 1.165) is 77.2 Å². The summed E-state index contributed by atoms with van der Waals surface area (Å²) >= 11 is 0. The Labute approximate surface area is 348 Å². The zero-order chi connectivity index (χ0) is 41.2. The highest BCUT2D eigenvalue weighted by Gasteiger charge is 2.31. The van der Waals surface area contributed by atoms with Crippen LogP contribution in [0.5, 0.6) is 0 Å². The zero-order valence-electron chi connectivity index (χ0n) is 32.7. The number of hydrogen-bond acceptors (Lipinski definition) is 4. The summed E-state index contributed by atoms with van der Waals surface area (Å²) < 4.78 is 50.3. The normalized spacial score (nSPS) is 11.9. The minimum atomic E-state index is -4.46. The topological polar surface area (TPSA) is 56.7 Å². The Morgan fingerprint density at radius 3 is 1.72 bits per heavy atom. The van der Waals surface area contributed by atoms with Gasteiger partial charge in [0.1, 0.15) is 11.2 Å². The van der Waals surface area contributed by atoms with Gasteiger partial charge in [0.05, 0.1) is 22.3 Å². The number of rotatable bonds is 6. The quantitative estimate of drug-likeness (QED) is 0.168. The molecule has 0 atom stereocenters. The van der Waals surface area contributed by atoms with Crippen LogP contribution < -0.4 is 0 Å². The third kappa shape index (κ3) is 6.40. The second-order valence-electron chi connectivity index (χ2n) is 15.2. The molecule has 0 aliphatic carbocycles. The number of para-hydroxylation sites is 2. The molecule has 3 aromatic heterocycles. The van der Waals surface area contributed by atoms with E-state index in [-0.39, 0.29) is 0 Å². The third-order valence-corrected chi connectivity index (χ3v) is 11.3. The van der Waals surface area contributed by atoms with Crippen LogP contribution in [0.15, 0.2) is 186 Å². The maximum atomic E-state index is 14.0. The summed E-state index contributed by atoms with van der Waals surface area (Å²) in [5.74, 6) is 1.56. The summed E-state index contributed by atoms with van der Waals surface area (Å²) in [7, 11) is 0. The van der Waals surface area contributed by atoms with E-state index in [1.807, 2.05) is 115 Å². The molecule has 292 valence electrons. The van der Waals surface area contributed by atoms with Crippen LogP contribution in [0, 0.1) is 6.92 Å². The van der Waals surface area contributed by atoms with Gasteiger partial charge in [0.25, 0.3) is 0 Å². The van der Waals surface area contributed by atoms with Gasteiger partial charge >= 0.3 is 6.18 Å². The van der Waals surface area contributed by atoms with E-state index in [1.54, 1.807) is 13.0 Å². The highest BCUT2D eigenvalue weighted by Crippen LogP contribution is 2.41. The molecule has 0 saturated heterocycles. The second-order valence-corrected chi connectivity index (χ2v) is 15.2. The SMILES string of the molecule is Cc1cc(-c2ccc3c(c2)c2ccccc2n3-c2ccc(-c3ccc4oc5ccccc5c4c3)cc2-c2nc(-c3ccccc3)nc(-c3ccccc3)n2)cc(C(F)(F)F)c1. The van der Waals surface area contributed by atoms with Crippen LogP contribution in [-0.4, -0.2) is 19.5 Å². The number of nitrogens with zero attached hydrogens (tertiary/aromatic N) is 4. The summed E-state index contributed by atoms with van der Waals surface area (Å²) in [5.41, 5.74) is 9.78. The first-order valence-corrected chi connectivity index (χ1v) is 19.9. The van der Waals surface area contributed by atoms with Gasteiger partial charge in [-0.2, -0.15) is 13.2 Å². The smallest absolute Gasteiger partial charge is 0.416 e. The minimum absolute atomic E-state index is 0.487. The number of aromatic nitrogens is 4. The van der Waals surface area contributed by atoms with Crippen LogP contribution in [0.25, 0.3) is 106 Å². The fourth-order valence-electron chi connectivity index (χ4n) is 8.45. The number of aryl methyl sites for hydroxylation is 1. The second kappa shape index (κ2) is 14.2. The molecule has 0 aliphatic rings. The molecule has 11 aromatic rings. The van der Waals surface area contributed by atoms with Crippen molar-refractivity contribution in [2.45, 2.75) is 13.1 Å². The van der Waals surface area contributed by atoms with Crippen LogP contribution in [-0.2, 0) is 6.18 Å². The summed E-state index contributed by atoms with van der Waals surface area (Å²) in [5, 5.41) is 3.92. The average molecular weight is 799 g/mol. The maximum absolute atomic E-state index is 14.0. The van der Waals surface area contributed by atoms with Gasteiger partial charge in [-0.15, -0.1) is 0 Å². The molecule has 0 spiro atoms. The fourth-order valence-corrected chi connectivity index (χ4v) is 8.45. The van der Waals surface area contributed by atoms with Crippen molar-refractivity contribution in [2.75, 3.05) is 0 Å². The molecule has 0 amide bonds. The molecule has 3 heterocycles. The monoisotopic (exact) mass is 798 g/mol. The van der Waals surface area contributed by atoms with E-state index < -0.39 is 11.7 Å². The van der Waals surface area contributed by atoms with Gasteiger partial charge in [-0.25, -0.2) is 15.0 Å². The van der Waals surface area contributed by atoms with Crippen LogP contribution in [0.2, 0.25) is 0 Å². The molecule has 0 bridgehead atoms. The van der Waals surface area contributed by atoms with Gasteiger partial charge in [0, 0.05) is 38.2 Å². The van der Waals surface area contributed by atoms with Gasteiger partial charge in [-0.05, 0) is 95.4 Å². The van der Waals surface area contributed by atoms with Crippen molar-refractivity contribution in [1.82, 2.24) is 19.5 Å². The molecule has 8 aromatic carbocycles. The minimum Gasteiger partial charge on any atom is -0.456 e. The van der Waals surface area contributed by atoms with Crippen LogP contribution in [0.3, 0.4) is 0 Å². The molecule has 8 heteroatoms. The molecular weight excluding hydrogens is 766 g/mol. The summed E-state index contributed by atoms with van der Waals surface area (Å²) in [6, 6.07) is 58.6. The third-order valence-electron chi connectivity index (χ3n) is 11.3. The first kappa shape index (κ1) is 36.3. The van der Waals surface area contributed by atoms with Crippen LogP contribution >= 0.6 is 0 Å². The Bertz CT molecular complexity index is 3420. The van der Waals surface area contributed by atoms with Crippen LogP contribution in [0.1, 0.15) is 11.1 Å². The van der Waals surface area contributed by atoms with Crippen molar-refractivity contribution in [3.63, 3.8) is 0 Å². The fraction of sp³-hybridized carbons (Fsp3) is 0.0377. The molecule has 61 heavy (non-hydrogen) atoms. The van der Waals surface area contributed by atoms with Gasteiger partial charge in [-0.3, -0.25) is 0 Å². The van der Waals surface area contributed by atoms with Crippen molar-refractivity contribution < 1.29 is 17.6 Å². The van der Waals surface area contributed by atoms with Crippen molar-refractivity contribution in [3.05, 3.63) is 193 Å². The van der Waals surface area contributed by atoms with Gasteiger partial charge < -0.3 is 8.98 Å². The van der Waals surface area contributed by atoms with E-state index in [4.69, 9.17) is 19.4 Å². The summed E-state index contributed by atoms with van der Waals surface area (Å²) in [4.78, 5) is 15.4. The lowest BCUT2D eigenvalue weighted by Gasteiger charge is -2.16. The Morgan fingerprint density at radius 1 is 0.426 bits per heavy atom. The van der Waals surface area contributed by atoms with E-state index >= 15 is 0 Å². The molecule has 0 radical (unpaired) electrons. The van der Waals surface area contributed by atoms with E-state index in [1.165, 1.54) is 12.1 Å². The maximum Gasteiger partial charge on any atom is 0.416 e.